The highest BCUT2D eigenvalue weighted by molar-refractivity contribution is 7.71. The lowest BCUT2D eigenvalue weighted by molar-refractivity contribution is 0.929. The average molecular weight is 282 g/mol. The van der Waals surface area contributed by atoms with Gasteiger partial charge in [0.25, 0.3) is 5.56 Å². The molecule has 0 amide bonds. The molecule has 3 rings (SSSR count). The van der Waals surface area contributed by atoms with Crippen LogP contribution in [0.3, 0.4) is 0 Å². The van der Waals surface area contributed by atoms with Gasteiger partial charge in [-0.3, -0.25) is 9.36 Å². The quantitative estimate of drug-likeness (QED) is 0.692. The Kier molecular flexibility index (Phi) is 3.03. The number of para-hydroxylation sites is 1. The van der Waals surface area contributed by atoms with E-state index in [9.17, 15) is 4.79 Å². The summed E-state index contributed by atoms with van der Waals surface area (Å²) < 4.78 is 1.99. The average Bonchev–Trinajstić information content (AvgIpc) is 2.42. The van der Waals surface area contributed by atoms with Gasteiger partial charge in [0.1, 0.15) is 0 Å². The molecule has 0 aliphatic heterocycles. The van der Waals surface area contributed by atoms with E-state index in [0.717, 1.165) is 22.3 Å². The Morgan fingerprint density at radius 3 is 2.65 bits per heavy atom. The highest BCUT2D eigenvalue weighted by Crippen LogP contribution is 2.16. The molecule has 0 radical (unpaired) electrons. The van der Waals surface area contributed by atoms with E-state index < -0.39 is 0 Å². The summed E-state index contributed by atoms with van der Waals surface area (Å²) in [5, 5.41) is 0.641. The Bertz CT molecular complexity index is 922. The Labute approximate surface area is 121 Å². The summed E-state index contributed by atoms with van der Waals surface area (Å²) in [5.41, 5.74) is 3.64. The highest BCUT2D eigenvalue weighted by Gasteiger charge is 2.09. The van der Waals surface area contributed by atoms with Gasteiger partial charge in [0, 0.05) is 0 Å². The maximum absolute atomic E-state index is 12.7. The van der Waals surface area contributed by atoms with Crippen molar-refractivity contribution in [3.8, 4) is 5.69 Å². The van der Waals surface area contributed by atoms with E-state index in [2.05, 4.69) is 4.98 Å². The number of aromatic nitrogens is 2. The summed E-state index contributed by atoms with van der Waals surface area (Å²) in [4.78, 5) is 15.8. The molecule has 1 N–H and O–H groups in total. The molecule has 0 spiro atoms. The van der Waals surface area contributed by atoms with Gasteiger partial charge in [0.05, 0.1) is 16.6 Å². The van der Waals surface area contributed by atoms with Gasteiger partial charge in [0.2, 0.25) is 0 Å². The molecular weight excluding hydrogens is 268 g/mol. The molecule has 0 aliphatic rings. The minimum absolute atomic E-state index is 0.0851. The first kappa shape index (κ1) is 12.8. The first-order chi connectivity index (χ1) is 9.58. The van der Waals surface area contributed by atoms with Gasteiger partial charge in [-0.15, -0.1) is 0 Å². The fraction of sp³-hybridized carbons (Fsp3) is 0.125. The summed E-state index contributed by atoms with van der Waals surface area (Å²) in [6.07, 6.45) is 0. The van der Waals surface area contributed by atoms with Crippen molar-refractivity contribution in [2.45, 2.75) is 13.8 Å². The molecule has 2 aromatic carbocycles. The van der Waals surface area contributed by atoms with E-state index >= 15 is 0 Å². The maximum atomic E-state index is 12.7. The highest BCUT2D eigenvalue weighted by atomic mass is 32.1. The molecular formula is C16H14N2OS. The summed E-state index contributed by atoms with van der Waals surface area (Å²) in [7, 11) is 0. The second-order valence-electron chi connectivity index (χ2n) is 4.91. The maximum Gasteiger partial charge on any atom is 0.266 e. The molecule has 0 saturated heterocycles. The van der Waals surface area contributed by atoms with E-state index in [-0.39, 0.29) is 5.56 Å². The molecule has 0 bridgehead atoms. The smallest absolute Gasteiger partial charge is 0.266 e. The van der Waals surface area contributed by atoms with Crippen molar-refractivity contribution < 1.29 is 0 Å². The molecule has 20 heavy (non-hydrogen) atoms. The molecule has 0 aliphatic carbocycles. The van der Waals surface area contributed by atoms with Gasteiger partial charge < -0.3 is 4.98 Å². The Morgan fingerprint density at radius 2 is 1.85 bits per heavy atom. The standard InChI is InChI=1S/C16H14N2OS/c1-10-7-8-11(2)14(9-10)18-15(19)12-5-3-4-6-13(12)17-16(18)20/h3-9H,1-2H3,(H,17,20). The van der Waals surface area contributed by atoms with Crippen LogP contribution >= 0.6 is 12.2 Å². The zero-order chi connectivity index (χ0) is 14.3. The van der Waals surface area contributed by atoms with Crippen molar-refractivity contribution in [1.82, 2.24) is 9.55 Å². The van der Waals surface area contributed by atoms with E-state index in [1.807, 2.05) is 56.3 Å². The van der Waals surface area contributed by atoms with Gasteiger partial charge in [-0.05, 0) is 55.4 Å². The fourth-order valence-corrected chi connectivity index (χ4v) is 2.63. The second-order valence-corrected chi connectivity index (χ2v) is 5.29. The first-order valence-electron chi connectivity index (χ1n) is 6.39. The second kappa shape index (κ2) is 4.72. The lowest BCUT2D eigenvalue weighted by Crippen LogP contribution is -2.21. The van der Waals surface area contributed by atoms with Crippen LogP contribution in [0.15, 0.2) is 47.3 Å². The Hall–Kier alpha value is -2.20. The number of fused-ring (bicyclic) bond motifs is 1. The SMILES string of the molecule is Cc1ccc(C)c(-n2c(=S)[nH]c3ccccc3c2=O)c1. The molecule has 0 atom stereocenters. The lowest BCUT2D eigenvalue weighted by atomic mass is 10.1. The number of nitrogens with zero attached hydrogens (tertiary/aromatic N) is 1. The van der Waals surface area contributed by atoms with Crippen LogP contribution in [-0.2, 0) is 0 Å². The number of hydrogen-bond donors (Lipinski definition) is 1. The number of H-pyrrole nitrogens is 1. The van der Waals surface area contributed by atoms with Crippen molar-refractivity contribution in [2.75, 3.05) is 0 Å². The largest absolute Gasteiger partial charge is 0.331 e. The molecule has 3 aromatic rings. The van der Waals surface area contributed by atoms with Crippen LogP contribution in [-0.4, -0.2) is 9.55 Å². The van der Waals surface area contributed by atoms with Crippen LogP contribution in [0.4, 0.5) is 0 Å². The van der Waals surface area contributed by atoms with E-state index in [1.54, 1.807) is 4.57 Å². The summed E-state index contributed by atoms with van der Waals surface area (Å²) >= 11 is 5.36. The molecule has 1 heterocycles. The third-order valence-electron chi connectivity index (χ3n) is 3.41. The number of aryl methyl sites for hydroxylation is 2. The lowest BCUT2D eigenvalue weighted by Gasteiger charge is -2.11. The Balaban J connectivity index is 2.46. The van der Waals surface area contributed by atoms with Crippen LogP contribution in [0.2, 0.25) is 0 Å². The predicted molar refractivity (Wildman–Crippen MR) is 84.2 cm³/mol. The Morgan fingerprint density at radius 1 is 1.10 bits per heavy atom. The van der Waals surface area contributed by atoms with Gasteiger partial charge in [0.15, 0.2) is 4.77 Å². The van der Waals surface area contributed by atoms with Crippen molar-refractivity contribution in [3.63, 3.8) is 0 Å². The topological polar surface area (TPSA) is 37.8 Å². The normalized spacial score (nSPS) is 10.9. The molecule has 4 heteroatoms. The molecule has 0 unspecified atom stereocenters. The van der Waals surface area contributed by atoms with E-state index in [4.69, 9.17) is 12.2 Å². The summed E-state index contributed by atoms with van der Waals surface area (Å²) in [6.45, 7) is 3.98. The minimum atomic E-state index is -0.0851. The number of aromatic amines is 1. The fourth-order valence-electron chi connectivity index (χ4n) is 2.34. The molecule has 0 fully saturated rings. The van der Waals surface area contributed by atoms with Gasteiger partial charge in [-0.2, -0.15) is 0 Å². The van der Waals surface area contributed by atoms with Crippen molar-refractivity contribution in [1.29, 1.82) is 0 Å². The molecule has 3 nitrogen and oxygen atoms in total. The van der Waals surface area contributed by atoms with E-state index in [1.165, 1.54) is 0 Å². The summed E-state index contributed by atoms with van der Waals surface area (Å²) in [6, 6.07) is 13.4. The van der Waals surface area contributed by atoms with Crippen LogP contribution < -0.4 is 5.56 Å². The number of nitrogens with one attached hydrogen (secondary N) is 1. The third-order valence-corrected chi connectivity index (χ3v) is 3.70. The van der Waals surface area contributed by atoms with Crippen LogP contribution in [0.25, 0.3) is 16.6 Å². The van der Waals surface area contributed by atoms with Gasteiger partial charge in [-0.1, -0.05) is 24.3 Å². The zero-order valence-electron chi connectivity index (χ0n) is 11.3. The van der Waals surface area contributed by atoms with E-state index in [0.29, 0.717) is 10.2 Å². The minimum Gasteiger partial charge on any atom is -0.331 e. The molecule has 1 aromatic heterocycles. The first-order valence-corrected chi connectivity index (χ1v) is 6.80. The van der Waals surface area contributed by atoms with Crippen LogP contribution in [0.1, 0.15) is 11.1 Å². The molecule has 100 valence electrons. The van der Waals surface area contributed by atoms with Crippen LogP contribution in [0, 0.1) is 18.6 Å². The van der Waals surface area contributed by atoms with Gasteiger partial charge in [-0.25, -0.2) is 0 Å². The summed E-state index contributed by atoms with van der Waals surface area (Å²) in [5.74, 6) is 0. The predicted octanol–water partition coefficient (Wildman–Crippen LogP) is 3.67. The zero-order valence-corrected chi connectivity index (χ0v) is 12.1. The van der Waals surface area contributed by atoms with Crippen molar-refractivity contribution in [2.24, 2.45) is 0 Å². The third kappa shape index (κ3) is 1.98. The molecule has 0 saturated carbocycles. The van der Waals surface area contributed by atoms with Crippen LogP contribution in [0.5, 0.6) is 0 Å². The van der Waals surface area contributed by atoms with Crippen molar-refractivity contribution >= 4 is 23.1 Å². The van der Waals surface area contributed by atoms with Gasteiger partial charge >= 0.3 is 0 Å². The number of hydrogen-bond acceptors (Lipinski definition) is 2. The number of benzene rings is 2. The monoisotopic (exact) mass is 282 g/mol. The van der Waals surface area contributed by atoms with Crippen molar-refractivity contribution in [3.05, 3.63) is 68.7 Å². The number of rotatable bonds is 1.